The zero-order valence-electron chi connectivity index (χ0n) is 15.5. The van der Waals surface area contributed by atoms with Gasteiger partial charge in [-0.05, 0) is 42.5 Å². The van der Waals surface area contributed by atoms with Crippen molar-refractivity contribution in [3.63, 3.8) is 0 Å². The number of hydrogen-bond donors (Lipinski definition) is 2. The Morgan fingerprint density at radius 3 is 2.59 bits per heavy atom. The number of benzene rings is 2. The van der Waals surface area contributed by atoms with Gasteiger partial charge in [-0.15, -0.1) is 0 Å². The van der Waals surface area contributed by atoms with Gasteiger partial charge in [0, 0.05) is 34.6 Å². The van der Waals surface area contributed by atoms with Crippen molar-refractivity contribution in [2.45, 2.75) is 0 Å². The van der Waals surface area contributed by atoms with Crippen LogP contribution in [0.2, 0.25) is 0 Å². The van der Waals surface area contributed by atoms with E-state index in [0.29, 0.717) is 28.3 Å². The molecular formula is C22H17FN4O2. The first-order valence-corrected chi connectivity index (χ1v) is 8.86. The maximum Gasteiger partial charge on any atom is 0.324 e. The first kappa shape index (κ1) is 18.4. The predicted molar refractivity (Wildman–Crippen MR) is 111 cm³/mol. The van der Waals surface area contributed by atoms with E-state index in [1.807, 2.05) is 30.3 Å². The molecular weight excluding hydrogens is 371 g/mol. The number of amides is 2. The number of aromatic nitrogens is 2. The number of para-hydroxylation sites is 1. The second-order valence-corrected chi connectivity index (χ2v) is 6.24. The zero-order valence-corrected chi connectivity index (χ0v) is 15.5. The smallest absolute Gasteiger partial charge is 0.324 e. The van der Waals surface area contributed by atoms with Crippen LogP contribution in [-0.4, -0.2) is 23.1 Å². The van der Waals surface area contributed by atoms with Crippen LogP contribution in [0, 0.1) is 5.82 Å². The Kier molecular flexibility index (Phi) is 5.03. The summed E-state index contributed by atoms with van der Waals surface area (Å²) in [5, 5.41) is 6.29. The Morgan fingerprint density at radius 2 is 1.79 bits per heavy atom. The number of urea groups is 1. The molecule has 0 radical (unpaired) electrons. The number of carbonyl (C=O) groups is 1. The minimum absolute atomic E-state index is 0.368. The number of hydrogen-bond acceptors (Lipinski definition) is 4. The van der Waals surface area contributed by atoms with Crippen LogP contribution >= 0.6 is 0 Å². The highest BCUT2D eigenvalue weighted by Gasteiger charge is 2.15. The Labute approximate surface area is 166 Å². The van der Waals surface area contributed by atoms with E-state index in [4.69, 9.17) is 4.74 Å². The van der Waals surface area contributed by atoms with Crippen molar-refractivity contribution in [2.24, 2.45) is 0 Å². The van der Waals surface area contributed by atoms with Gasteiger partial charge in [0.15, 0.2) is 0 Å². The molecule has 144 valence electrons. The minimum Gasteiger partial charge on any atom is -0.496 e. The molecule has 2 aromatic carbocycles. The van der Waals surface area contributed by atoms with Crippen molar-refractivity contribution in [2.75, 3.05) is 17.7 Å². The number of ether oxygens (including phenoxy) is 1. The summed E-state index contributed by atoms with van der Waals surface area (Å²) < 4.78 is 18.5. The Bertz CT molecular complexity index is 1180. The molecule has 4 rings (SSSR count). The van der Waals surface area contributed by atoms with Crippen LogP contribution in [0.4, 0.5) is 20.7 Å². The largest absolute Gasteiger partial charge is 0.496 e. The van der Waals surface area contributed by atoms with Gasteiger partial charge in [-0.2, -0.15) is 0 Å². The monoisotopic (exact) mass is 388 g/mol. The molecule has 2 aromatic heterocycles. The molecule has 0 aliphatic rings. The molecule has 0 saturated heterocycles. The summed E-state index contributed by atoms with van der Waals surface area (Å²) in [6, 6.07) is 16.2. The highest BCUT2D eigenvalue weighted by Crippen LogP contribution is 2.35. The molecule has 2 N–H and O–H groups in total. The van der Waals surface area contributed by atoms with E-state index in [1.54, 1.807) is 25.6 Å². The van der Waals surface area contributed by atoms with Crippen molar-refractivity contribution in [1.82, 2.24) is 9.97 Å². The van der Waals surface area contributed by atoms with Crippen LogP contribution in [0.15, 0.2) is 73.1 Å². The Hall–Kier alpha value is -4.00. The summed E-state index contributed by atoms with van der Waals surface area (Å²) in [5.41, 5.74) is 2.63. The summed E-state index contributed by atoms with van der Waals surface area (Å²) >= 11 is 0. The quantitative estimate of drug-likeness (QED) is 0.511. The second-order valence-electron chi connectivity index (χ2n) is 6.24. The highest BCUT2D eigenvalue weighted by atomic mass is 19.1. The molecule has 6 nitrogen and oxygen atoms in total. The Morgan fingerprint density at radius 1 is 1.00 bits per heavy atom. The van der Waals surface area contributed by atoms with Gasteiger partial charge in [0.2, 0.25) is 0 Å². The molecule has 7 heteroatoms. The first-order chi connectivity index (χ1) is 14.1. The summed E-state index contributed by atoms with van der Waals surface area (Å²) in [7, 11) is 1.59. The Balaban J connectivity index is 1.73. The topological polar surface area (TPSA) is 76.1 Å². The van der Waals surface area contributed by atoms with Crippen LogP contribution in [0.3, 0.4) is 0 Å². The number of nitrogens with zero attached hydrogens (tertiary/aromatic N) is 2. The van der Waals surface area contributed by atoms with Crippen LogP contribution in [0.5, 0.6) is 5.75 Å². The van der Waals surface area contributed by atoms with Crippen LogP contribution < -0.4 is 15.4 Å². The van der Waals surface area contributed by atoms with E-state index in [0.717, 1.165) is 10.9 Å². The maximum absolute atomic E-state index is 13.1. The highest BCUT2D eigenvalue weighted by molar-refractivity contribution is 6.03. The number of anilines is 2. The molecule has 2 heterocycles. The van der Waals surface area contributed by atoms with Crippen LogP contribution in [-0.2, 0) is 0 Å². The molecule has 0 atom stereocenters. The lowest BCUT2D eigenvalue weighted by atomic mass is 10.0. The lowest BCUT2D eigenvalue weighted by molar-refractivity contribution is 0.262. The molecule has 0 bridgehead atoms. The molecule has 0 aliphatic carbocycles. The zero-order chi connectivity index (χ0) is 20.2. The molecule has 4 aromatic rings. The number of halogens is 1. The third-order valence-corrected chi connectivity index (χ3v) is 4.35. The lowest BCUT2D eigenvalue weighted by Gasteiger charge is -2.15. The van der Waals surface area contributed by atoms with Gasteiger partial charge in [0.25, 0.3) is 0 Å². The van der Waals surface area contributed by atoms with Crippen molar-refractivity contribution in [1.29, 1.82) is 0 Å². The number of pyridine rings is 2. The van der Waals surface area contributed by atoms with E-state index in [2.05, 4.69) is 20.6 Å². The number of methoxy groups -OCH3 is 1. The second kappa shape index (κ2) is 7.93. The van der Waals surface area contributed by atoms with E-state index >= 15 is 0 Å². The molecule has 0 aliphatic heterocycles. The van der Waals surface area contributed by atoms with Gasteiger partial charge in [0.05, 0.1) is 12.6 Å². The van der Waals surface area contributed by atoms with Crippen molar-refractivity contribution >= 4 is 28.4 Å². The van der Waals surface area contributed by atoms with Gasteiger partial charge < -0.3 is 10.1 Å². The van der Waals surface area contributed by atoms with Crippen molar-refractivity contribution in [3.05, 3.63) is 78.9 Å². The summed E-state index contributed by atoms with van der Waals surface area (Å²) in [6.07, 6.45) is 3.35. The number of carbonyl (C=O) groups excluding carboxylic acids is 1. The van der Waals surface area contributed by atoms with E-state index in [9.17, 15) is 9.18 Å². The summed E-state index contributed by atoms with van der Waals surface area (Å²) in [4.78, 5) is 21.3. The molecule has 0 saturated carbocycles. The number of fused-ring (bicyclic) bond motifs is 1. The third-order valence-electron chi connectivity index (χ3n) is 4.35. The van der Waals surface area contributed by atoms with Crippen molar-refractivity contribution in [3.8, 4) is 16.9 Å². The molecule has 0 spiro atoms. The standard InChI is InChI=1S/C22H17FN4O2/c1-29-20-5-3-2-4-17(20)18-12-14-13-24-11-10-19(14)26-21(18)27-22(28)25-16-8-6-15(23)7-9-16/h2-13H,1H3,(H2,25,26,27,28). The fraction of sp³-hybridized carbons (Fsp3) is 0.0455. The average molecular weight is 388 g/mol. The average Bonchev–Trinajstić information content (AvgIpc) is 2.75. The summed E-state index contributed by atoms with van der Waals surface area (Å²) in [5.74, 6) is 0.645. The normalized spacial score (nSPS) is 10.6. The number of nitrogens with one attached hydrogen (secondary N) is 2. The van der Waals surface area contributed by atoms with Crippen LogP contribution in [0.1, 0.15) is 0 Å². The SMILES string of the molecule is COc1ccccc1-c1cc2cnccc2nc1NC(=O)Nc1ccc(F)cc1. The maximum atomic E-state index is 13.1. The van der Waals surface area contributed by atoms with Gasteiger partial charge in [-0.25, -0.2) is 14.2 Å². The molecule has 0 unspecified atom stereocenters. The van der Waals surface area contributed by atoms with E-state index in [1.165, 1.54) is 24.3 Å². The van der Waals surface area contributed by atoms with Crippen molar-refractivity contribution < 1.29 is 13.9 Å². The fourth-order valence-corrected chi connectivity index (χ4v) is 2.99. The molecule has 0 fully saturated rings. The molecule has 2 amide bonds. The minimum atomic E-state index is -0.492. The van der Waals surface area contributed by atoms with Gasteiger partial charge >= 0.3 is 6.03 Å². The summed E-state index contributed by atoms with van der Waals surface area (Å²) in [6.45, 7) is 0. The van der Waals surface area contributed by atoms with Gasteiger partial charge in [0.1, 0.15) is 17.4 Å². The van der Waals surface area contributed by atoms with Crippen LogP contribution in [0.25, 0.3) is 22.0 Å². The third kappa shape index (κ3) is 3.98. The first-order valence-electron chi connectivity index (χ1n) is 8.86. The van der Waals surface area contributed by atoms with Gasteiger partial charge in [-0.1, -0.05) is 18.2 Å². The van der Waals surface area contributed by atoms with E-state index in [-0.39, 0.29) is 5.82 Å². The number of rotatable bonds is 4. The van der Waals surface area contributed by atoms with Gasteiger partial charge in [-0.3, -0.25) is 10.3 Å². The predicted octanol–water partition coefficient (Wildman–Crippen LogP) is 5.09. The lowest BCUT2D eigenvalue weighted by Crippen LogP contribution is -2.20. The van der Waals surface area contributed by atoms with E-state index < -0.39 is 6.03 Å². The fourth-order valence-electron chi connectivity index (χ4n) is 2.99. The molecule has 29 heavy (non-hydrogen) atoms.